The van der Waals surface area contributed by atoms with Crippen LogP contribution in [0.5, 0.6) is 0 Å². The molecule has 2 aromatic rings. The topological polar surface area (TPSA) is 16.8 Å². The van der Waals surface area contributed by atoms with E-state index in [1.807, 2.05) is 24.4 Å². The maximum atomic E-state index is 4.59. The first-order chi connectivity index (χ1) is 8.59. The van der Waals surface area contributed by atoms with E-state index in [-0.39, 0.29) is 0 Å². The van der Waals surface area contributed by atoms with Gasteiger partial charge in [0.1, 0.15) is 5.69 Å². The summed E-state index contributed by atoms with van der Waals surface area (Å²) in [5.74, 6) is 0.490. The summed E-state index contributed by atoms with van der Waals surface area (Å²) in [7, 11) is 0. The van der Waals surface area contributed by atoms with Gasteiger partial charge in [0.15, 0.2) is 12.2 Å². The summed E-state index contributed by atoms with van der Waals surface area (Å²) in [4.78, 5) is 4.59. The van der Waals surface area contributed by atoms with E-state index in [0.717, 1.165) is 5.69 Å². The summed E-state index contributed by atoms with van der Waals surface area (Å²) in [6.07, 6.45) is 4.17. The average Bonchev–Trinajstić information content (AvgIpc) is 2.39. The highest BCUT2D eigenvalue weighted by Gasteiger charge is 2.19. The lowest BCUT2D eigenvalue weighted by Crippen LogP contribution is -2.41. The highest BCUT2D eigenvalue weighted by Crippen LogP contribution is 2.17. The van der Waals surface area contributed by atoms with E-state index in [0.29, 0.717) is 12.0 Å². The predicted octanol–water partition coefficient (Wildman–Crippen LogP) is 3.74. The molecule has 0 unspecified atom stereocenters. The second-order valence-corrected chi connectivity index (χ2v) is 5.22. The molecule has 0 saturated carbocycles. The third-order valence-corrected chi connectivity index (χ3v) is 3.11. The van der Waals surface area contributed by atoms with Crippen LogP contribution in [0.3, 0.4) is 0 Å². The van der Waals surface area contributed by atoms with Crippen molar-refractivity contribution in [1.29, 1.82) is 0 Å². The molecule has 2 nitrogen and oxygen atoms in total. The van der Waals surface area contributed by atoms with Gasteiger partial charge in [-0.05, 0) is 13.8 Å². The van der Waals surface area contributed by atoms with Crippen molar-refractivity contribution in [3.63, 3.8) is 0 Å². The Bertz CT molecular complexity index is 516. The molecule has 0 saturated heterocycles. The standard InChI is InChI=1S/C16H21N2/c1-12(2)16-10-17-15(11-18(16)13(3)4)14-8-6-5-7-9-14/h5-13H,1-4H3/q+1. The van der Waals surface area contributed by atoms with Crippen LogP contribution in [0.4, 0.5) is 0 Å². The van der Waals surface area contributed by atoms with Crippen molar-refractivity contribution in [1.82, 2.24) is 4.98 Å². The van der Waals surface area contributed by atoms with Gasteiger partial charge < -0.3 is 0 Å². The number of aromatic nitrogens is 2. The molecule has 1 heterocycles. The van der Waals surface area contributed by atoms with Crippen LogP contribution in [0.15, 0.2) is 42.7 Å². The lowest BCUT2D eigenvalue weighted by atomic mass is 10.1. The molecular formula is C16H21N2+. The van der Waals surface area contributed by atoms with Gasteiger partial charge in [0.2, 0.25) is 5.69 Å². The van der Waals surface area contributed by atoms with Crippen LogP contribution in [0, 0.1) is 0 Å². The normalized spacial score (nSPS) is 11.2. The van der Waals surface area contributed by atoms with Crippen molar-refractivity contribution in [2.45, 2.75) is 39.7 Å². The minimum absolute atomic E-state index is 0.452. The van der Waals surface area contributed by atoms with Crippen molar-refractivity contribution >= 4 is 0 Å². The fourth-order valence-corrected chi connectivity index (χ4v) is 2.09. The van der Waals surface area contributed by atoms with Crippen molar-refractivity contribution < 1.29 is 4.57 Å². The molecule has 2 heteroatoms. The van der Waals surface area contributed by atoms with Gasteiger partial charge in [-0.15, -0.1) is 0 Å². The van der Waals surface area contributed by atoms with Gasteiger partial charge in [0, 0.05) is 11.5 Å². The molecule has 94 valence electrons. The molecular weight excluding hydrogens is 220 g/mol. The fraction of sp³-hybridized carbons (Fsp3) is 0.375. The van der Waals surface area contributed by atoms with Gasteiger partial charge in [-0.1, -0.05) is 44.2 Å². The van der Waals surface area contributed by atoms with E-state index in [4.69, 9.17) is 0 Å². The van der Waals surface area contributed by atoms with Crippen LogP contribution in [-0.2, 0) is 0 Å². The maximum Gasteiger partial charge on any atom is 0.202 e. The van der Waals surface area contributed by atoms with Gasteiger partial charge in [-0.2, -0.15) is 4.57 Å². The van der Waals surface area contributed by atoms with E-state index in [1.165, 1.54) is 11.3 Å². The summed E-state index contributed by atoms with van der Waals surface area (Å²) in [6, 6.07) is 10.8. The second-order valence-electron chi connectivity index (χ2n) is 5.22. The molecule has 0 spiro atoms. The highest BCUT2D eigenvalue weighted by molar-refractivity contribution is 5.56. The third kappa shape index (κ3) is 2.58. The summed E-state index contributed by atoms with van der Waals surface area (Å²) in [5, 5.41) is 0. The molecule has 2 rings (SSSR count). The maximum absolute atomic E-state index is 4.59. The number of benzene rings is 1. The molecule has 0 fully saturated rings. The van der Waals surface area contributed by atoms with Crippen molar-refractivity contribution in [3.05, 3.63) is 48.4 Å². The summed E-state index contributed by atoms with van der Waals surface area (Å²) >= 11 is 0. The summed E-state index contributed by atoms with van der Waals surface area (Å²) in [6.45, 7) is 8.83. The quantitative estimate of drug-likeness (QED) is 0.748. The Kier molecular flexibility index (Phi) is 3.75. The summed E-state index contributed by atoms with van der Waals surface area (Å²) in [5.41, 5.74) is 3.49. The predicted molar refractivity (Wildman–Crippen MR) is 74.3 cm³/mol. The monoisotopic (exact) mass is 241 g/mol. The number of hydrogen-bond acceptors (Lipinski definition) is 1. The van der Waals surface area contributed by atoms with Crippen LogP contribution in [0.1, 0.15) is 45.3 Å². The molecule has 0 bridgehead atoms. The van der Waals surface area contributed by atoms with Gasteiger partial charge in [-0.25, -0.2) is 4.98 Å². The van der Waals surface area contributed by atoms with E-state index < -0.39 is 0 Å². The van der Waals surface area contributed by atoms with Crippen LogP contribution in [0.2, 0.25) is 0 Å². The molecule has 0 aliphatic carbocycles. The van der Waals surface area contributed by atoms with Crippen molar-refractivity contribution in [2.75, 3.05) is 0 Å². The Balaban J connectivity index is 2.50. The molecule has 0 aliphatic heterocycles. The van der Waals surface area contributed by atoms with E-state index in [2.05, 4.69) is 55.6 Å². The van der Waals surface area contributed by atoms with Crippen molar-refractivity contribution in [2.24, 2.45) is 0 Å². The lowest BCUT2D eigenvalue weighted by molar-refractivity contribution is -0.724. The van der Waals surface area contributed by atoms with Gasteiger partial charge >= 0.3 is 0 Å². The number of nitrogens with zero attached hydrogens (tertiary/aromatic N) is 2. The van der Waals surface area contributed by atoms with Crippen molar-refractivity contribution in [3.8, 4) is 11.3 Å². The second kappa shape index (κ2) is 5.30. The number of rotatable bonds is 3. The first-order valence-electron chi connectivity index (χ1n) is 6.56. The lowest BCUT2D eigenvalue weighted by Gasteiger charge is -2.10. The van der Waals surface area contributed by atoms with Gasteiger partial charge in [0.25, 0.3) is 0 Å². The molecule has 18 heavy (non-hydrogen) atoms. The van der Waals surface area contributed by atoms with Crippen LogP contribution in [-0.4, -0.2) is 4.98 Å². The molecule has 0 radical (unpaired) electrons. The third-order valence-electron chi connectivity index (χ3n) is 3.11. The number of hydrogen-bond donors (Lipinski definition) is 0. The van der Waals surface area contributed by atoms with E-state index in [1.54, 1.807) is 0 Å². The molecule has 0 N–H and O–H groups in total. The summed E-state index contributed by atoms with van der Waals surface area (Å²) < 4.78 is 2.32. The largest absolute Gasteiger partial charge is 0.243 e. The molecule has 1 aromatic carbocycles. The zero-order valence-electron chi connectivity index (χ0n) is 11.6. The first kappa shape index (κ1) is 12.7. The Labute approximate surface area is 109 Å². The minimum Gasteiger partial charge on any atom is -0.243 e. The molecule has 0 aliphatic rings. The van der Waals surface area contributed by atoms with Crippen LogP contribution in [0.25, 0.3) is 11.3 Å². The Morgan fingerprint density at radius 2 is 1.67 bits per heavy atom. The average molecular weight is 241 g/mol. The fourth-order valence-electron chi connectivity index (χ4n) is 2.09. The first-order valence-corrected chi connectivity index (χ1v) is 6.56. The highest BCUT2D eigenvalue weighted by atomic mass is 15.0. The van der Waals surface area contributed by atoms with E-state index in [9.17, 15) is 0 Å². The van der Waals surface area contributed by atoms with Gasteiger partial charge in [-0.3, -0.25) is 0 Å². The zero-order chi connectivity index (χ0) is 13.1. The Hall–Kier alpha value is -1.70. The molecule has 0 amide bonds. The molecule has 1 aromatic heterocycles. The Morgan fingerprint density at radius 1 is 1.00 bits per heavy atom. The van der Waals surface area contributed by atoms with E-state index >= 15 is 0 Å². The SMILES string of the molecule is CC(C)c1cnc(-c2ccccc2)c[n+]1C(C)C. The van der Waals surface area contributed by atoms with Crippen LogP contribution >= 0.6 is 0 Å². The Morgan fingerprint density at radius 3 is 2.22 bits per heavy atom. The molecule has 0 atom stereocenters. The smallest absolute Gasteiger partial charge is 0.202 e. The van der Waals surface area contributed by atoms with Gasteiger partial charge in [0.05, 0.1) is 6.20 Å². The zero-order valence-corrected chi connectivity index (χ0v) is 11.6. The minimum atomic E-state index is 0.452. The van der Waals surface area contributed by atoms with Crippen LogP contribution < -0.4 is 4.57 Å².